The fraction of sp³-hybridized carbons (Fsp3) is 0.450. The highest BCUT2D eigenvalue weighted by atomic mass is 16.6. The Hall–Kier alpha value is -2.31. The van der Waals surface area contributed by atoms with Gasteiger partial charge in [0.1, 0.15) is 0 Å². The van der Waals surface area contributed by atoms with E-state index in [0.717, 1.165) is 24.8 Å². The predicted octanol–water partition coefficient (Wildman–Crippen LogP) is 2.46. The van der Waals surface area contributed by atoms with E-state index in [9.17, 15) is 4.79 Å². The first-order valence-corrected chi connectivity index (χ1v) is 9.08. The molecule has 0 aliphatic carbocycles. The van der Waals surface area contributed by atoms with Crippen LogP contribution in [-0.4, -0.2) is 52.2 Å². The van der Waals surface area contributed by atoms with E-state index in [-0.39, 0.29) is 17.6 Å². The van der Waals surface area contributed by atoms with Gasteiger partial charge in [0.2, 0.25) is 0 Å². The zero-order valence-corrected chi connectivity index (χ0v) is 14.7. The SMILES string of the molecule is O=C(c1cccnc1)N1CCC2(CC1)CC(OCc1cccnc1)CO2. The van der Waals surface area contributed by atoms with E-state index in [2.05, 4.69) is 9.97 Å². The Morgan fingerprint density at radius 3 is 2.65 bits per heavy atom. The van der Waals surface area contributed by atoms with Crippen molar-refractivity contribution in [2.75, 3.05) is 19.7 Å². The Kier molecular flexibility index (Phi) is 4.95. The Bertz CT molecular complexity index is 730. The maximum atomic E-state index is 12.5. The van der Waals surface area contributed by atoms with Crippen molar-refractivity contribution in [3.63, 3.8) is 0 Å². The maximum Gasteiger partial charge on any atom is 0.255 e. The predicted molar refractivity (Wildman–Crippen MR) is 95.5 cm³/mol. The van der Waals surface area contributed by atoms with E-state index in [1.54, 1.807) is 24.7 Å². The van der Waals surface area contributed by atoms with Crippen molar-refractivity contribution in [2.24, 2.45) is 0 Å². The highest BCUT2D eigenvalue weighted by Crippen LogP contribution is 2.37. The molecule has 0 bridgehead atoms. The Morgan fingerprint density at radius 1 is 1.19 bits per heavy atom. The molecule has 0 N–H and O–H groups in total. The summed E-state index contributed by atoms with van der Waals surface area (Å²) in [5.41, 5.74) is 1.57. The summed E-state index contributed by atoms with van der Waals surface area (Å²) in [6.45, 7) is 2.60. The average molecular weight is 353 g/mol. The summed E-state index contributed by atoms with van der Waals surface area (Å²) in [6, 6.07) is 7.54. The summed E-state index contributed by atoms with van der Waals surface area (Å²) in [7, 11) is 0. The number of hydrogen-bond acceptors (Lipinski definition) is 5. The lowest BCUT2D eigenvalue weighted by Gasteiger charge is -2.38. The van der Waals surface area contributed by atoms with Crippen molar-refractivity contribution in [3.8, 4) is 0 Å². The van der Waals surface area contributed by atoms with Crippen LogP contribution in [0.5, 0.6) is 0 Å². The van der Waals surface area contributed by atoms with Crippen LogP contribution < -0.4 is 0 Å². The molecule has 1 atom stereocenters. The molecule has 4 heterocycles. The molecule has 4 rings (SSSR count). The molecule has 2 aromatic rings. The largest absolute Gasteiger partial charge is 0.372 e. The average Bonchev–Trinajstić information content (AvgIpc) is 3.10. The number of likely N-dealkylation sites (tertiary alicyclic amines) is 1. The van der Waals surface area contributed by atoms with Crippen LogP contribution in [0, 0.1) is 0 Å². The fourth-order valence-corrected chi connectivity index (χ4v) is 3.74. The van der Waals surface area contributed by atoms with Crippen LogP contribution in [0.4, 0.5) is 0 Å². The van der Waals surface area contributed by atoms with E-state index in [1.807, 2.05) is 29.3 Å². The summed E-state index contributed by atoms with van der Waals surface area (Å²) >= 11 is 0. The van der Waals surface area contributed by atoms with Crippen LogP contribution in [0.15, 0.2) is 49.1 Å². The molecule has 0 radical (unpaired) electrons. The highest BCUT2D eigenvalue weighted by Gasteiger charge is 2.43. The van der Waals surface area contributed by atoms with E-state index in [4.69, 9.17) is 9.47 Å². The summed E-state index contributed by atoms with van der Waals surface area (Å²) < 4.78 is 12.1. The molecule has 0 aromatic carbocycles. The summed E-state index contributed by atoms with van der Waals surface area (Å²) in [6.07, 6.45) is 9.60. The molecule has 2 aromatic heterocycles. The lowest BCUT2D eigenvalue weighted by atomic mass is 9.87. The van der Waals surface area contributed by atoms with Crippen LogP contribution in [0.25, 0.3) is 0 Å². The second kappa shape index (κ2) is 7.51. The molecule has 2 aliphatic rings. The molecular weight excluding hydrogens is 330 g/mol. The van der Waals surface area contributed by atoms with E-state index < -0.39 is 0 Å². The van der Waals surface area contributed by atoms with Crippen LogP contribution in [-0.2, 0) is 16.1 Å². The first-order chi connectivity index (χ1) is 12.7. The third kappa shape index (κ3) is 3.76. The molecule has 136 valence electrons. The van der Waals surface area contributed by atoms with Crippen LogP contribution in [0.3, 0.4) is 0 Å². The van der Waals surface area contributed by atoms with Gasteiger partial charge in [0.05, 0.1) is 30.5 Å². The number of piperidine rings is 1. The first-order valence-electron chi connectivity index (χ1n) is 9.08. The minimum Gasteiger partial charge on any atom is -0.372 e. The van der Waals surface area contributed by atoms with Gasteiger partial charge in [-0.2, -0.15) is 0 Å². The summed E-state index contributed by atoms with van der Waals surface area (Å²) in [5.74, 6) is 0.0512. The van der Waals surface area contributed by atoms with Gasteiger partial charge in [-0.25, -0.2) is 0 Å². The fourth-order valence-electron chi connectivity index (χ4n) is 3.74. The van der Waals surface area contributed by atoms with Crippen molar-refractivity contribution in [1.29, 1.82) is 0 Å². The van der Waals surface area contributed by atoms with E-state index in [0.29, 0.717) is 31.9 Å². The highest BCUT2D eigenvalue weighted by molar-refractivity contribution is 5.93. The summed E-state index contributed by atoms with van der Waals surface area (Å²) in [5, 5.41) is 0. The molecule has 1 spiro atoms. The lowest BCUT2D eigenvalue weighted by Crippen LogP contribution is -2.46. The van der Waals surface area contributed by atoms with Crippen LogP contribution in [0.1, 0.15) is 35.2 Å². The van der Waals surface area contributed by atoms with Crippen molar-refractivity contribution in [2.45, 2.75) is 37.6 Å². The van der Waals surface area contributed by atoms with Gasteiger partial charge in [-0.1, -0.05) is 6.07 Å². The Morgan fingerprint density at radius 2 is 1.96 bits per heavy atom. The number of hydrogen-bond donors (Lipinski definition) is 0. The number of aromatic nitrogens is 2. The molecule has 26 heavy (non-hydrogen) atoms. The number of ether oxygens (including phenoxy) is 2. The minimum atomic E-state index is -0.147. The van der Waals surface area contributed by atoms with Gasteiger partial charge in [-0.15, -0.1) is 0 Å². The minimum absolute atomic E-state index is 0.0512. The first kappa shape index (κ1) is 17.1. The monoisotopic (exact) mass is 353 g/mol. The van der Waals surface area contributed by atoms with Gasteiger partial charge in [0.15, 0.2) is 0 Å². The van der Waals surface area contributed by atoms with Crippen molar-refractivity contribution in [3.05, 3.63) is 60.2 Å². The molecule has 6 nitrogen and oxygen atoms in total. The molecule has 1 unspecified atom stereocenters. The maximum absolute atomic E-state index is 12.5. The van der Waals surface area contributed by atoms with Gasteiger partial charge in [0, 0.05) is 44.3 Å². The van der Waals surface area contributed by atoms with Gasteiger partial charge < -0.3 is 14.4 Å². The molecule has 0 saturated carbocycles. The zero-order chi connectivity index (χ0) is 17.8. The van der Waals surface area contributed by atoms with Crippen molar-refractivity contribution >= 4 is 5.91 Å². The zero-order valence-electron chi connectivity index (χ0n) is 14.7. The molecule has 2 aliphatic heterocycles. The van der Waals surface area contributed by atoms with Gasteiger partial charge in [0.25, 0.3) is 5.91 Å². The quantitative estimate of drug-likeness (QED) is 0.845. The normalized spacial score (nSPS) is 21.8. The summed E-state index contributed by atoms with van der Waals surface area (Å²) in [4.78, 5) is 22.6. The van der Waals surface area contributed by atoms with Crippen molar-refractivity contribution < 1.29 is 14.3 Å². The van der Waals surface area contributed by atoms with Gasteiger partial charge in [-0.05, 0) is 36.6 Å². The van der Waals surface area contributed by atoms with Crippen LogP contribution >= 0.6 is 0 Å². The Labute approximate surface area is 153 Å². The number of rotatable bonds is 4. The molecule has 6 heteroatoms. The topological polar surface area (TPSA) is 64.6 Å². The number of pyridine rings is 2. The molecule has 1 amide bonds. The smallest absolute Gasteiger partial charge is 0.255 e. The number of carbonyl (C=O) groups excluding carboxylic acids is 1. The van der Waals surface area contributed by atoms with E-state index >= 15 is 0 Å². The third-order valence-electron chi connectivity index (χ3n) is 5.25. The van der Waals surface area contributed by atoms with Gasteiger partial charge in [-0.3, -0.25) is 14.8 Å². The van der Waals surface area contributed by atoms with Crippen LogP contribution in [0.2, 0.25) is 0 Å². The second-order valence-electron chi connectivity index (χ2n) is 7.03. The number of nitrogens with zero attached hydrogens (tertiary/aromatic N) is 3. The standard InChI is InChI=1S/C20H23N3O3/c24-19(17-4-2-8-22-13-17)23-9-5-20(6-10-23)11-18(15-26-20)25-14-16-3-1-7-21-12-16/h1-4,7-8,12-13,18H,5-6,9-11,14-15H2. The third-order valence-corrected chi connectivity index (χ3v) is 5.25. The van der Waals surface area contributed by atoms with E-state index in [1.165, 1.54) is 0 Å². The van der Waals surface area contributed by atoms with Crippen molar-refractivity contribution in [1.82, 2.24) is 14.9 Å². The lowest BCUT2D eigenvalue weighted by molar-refractivity contribution is -0.0412. The molecule has 2 fully saturated rings. The van der Waals surface area contributed by atoms with Gasteiger partial charge >= 0.3 is 0 Å². The number of amides is 1. The second-order valence-corrected chi connectivity index (χ2v) is 7.03. The molecule has 2 saturated heterocycles. The Balaban J connectivity index is 1.28. The number of carbonyl (C=O) groups is 1. The molecular formula is C20H23N3O3.